The van der Waals surface area contributed by atoms with Crippen molar-refractivity contribution in [3.05, 3.63) is 71.7 Å². The van der Waals surface area contributed by atoms with Crippen LogP contribution in [0.4, 0.5) is 13.2 Å². The van der Waals surface area contributed by atoms with Crippen molar-refractivity contribution < 1.29 is 13.2 Å². The second kappa shape index (κ2) is 9.62. The summed E-state index contributed by atoms with van der Waals surface area (Å²) in [7, 11) is 0. The van der Waals surface area contributed by atoms with E-state index in [4.69, 9.17) is 0 Å². The van der Waals surface area contributed by atoms with Crippen molar-refractivity contribution in [1.82, 2.24) is 15.3 Å². The lowest BCUT2D eigenvalue weighted by atomic mass is 10.0. The number of hydrogen-bond donors (Lipinski definition) is 1. The molecule has 0 aliphatic heterocycles. The number of aromatic nitrogens is 2. The summed E-state index contributed by atoms with van der Waals surface area (Å²) >= 11 is 1.15. The van der Waals surface area contributed by atoms with E-state index in [1.165, 1.54) is 18.5 Å². The van der Waals surface area contributed by atoms with Gasteiger partial charge in [-0.15, -0.1) is 0 Å². The van der Waals surface area contributed by atoms with Gasteiger partial charge in [0.25, 0.3) is 0 Å². The van der Waals surface area contributed by atoms with Gasteiger partial charge < -0.3 is 5.32 Å². The Kier molecular flexibility index (Phi) is 7.15. The van der Waals surface area contributed by atoms with Gasteiger partial charge in [0, 0.05) is 21.9 Å². The van der Waals surface area contributed by atoms with Gasteiger partial charge in [-0.3, -0.25) is 0 Å². The van der Waals surface area contributed by atoms with E-state index < -0.39 is 11.7 Å². The molecule has 0 saturated heterocycles. The molecule has 0 atom stereocenters. The van der Waals surface area contributed by atoms with Gasteiger partial charge in [0.2, 0.25) is 0 Å². The first-order valence-corrected chi connectivity index (χ1v) is 10.6. The number of nitrogens with one attached hydrogen (secondary N) is 1. The van der Waals surface area contributed by atoms with E-state index in [1.54, 1.807) is 12.1 Å². The van der Waals surface area contributed by atoms with Crippen molar-refractivity contribution in [3.8, 4) is 11.3 Å². The number of hydrogen-bond acceptors (Lipinski definition) is 4. The van der Waals surface area contributed by atoms with Crippen molar-refractivity contribution in [2.75, 3.05) is 6.54 Å². The van der Waals surface area contributed by atoms with E-state index >= 15 is 0 Å². The predicted octanol–water partition coefficient (Wildman–Crippen LogP) is 6.55. The first-order valence-electron chi connectivity index (χ1n) is 9.79. The van der Waals surface area contributed by atoms with Crippen LogP contribution in [0.3, 0.4) is 0 Å². The molecule has 0 saturated carbocycles. The van der Waals surface area contributed by atoms with Crippen LogP contribution in [-0.2, 0) is 12.7 Å². The maximum Gasteiger partial charge on any atom is 0.417 e. The van der Waals surface area contributed by atoms with E-state index in [9.17, 15) is 13.2 Å². The molecular weight excluding hydrogens is 407 g/mol. The predicted molar refractivity (Wildman–Crippen MR) is 115 cm³/mol. The average Bonchev–Trinajstić information content (AvgIpc) is 2.72. The molecule has 1 aromatic heterocycles. The summed E-state index contributed by atoms with van der Waals surface area (Å²) in [6.45, 7) is 7.37. The summed E-state index contributed by atoms with van der Waals surface area (Å²) in [4.78, 5) is 9.37. The van der Waals surface area contributed by atoms with Crippen molar-refractivity contribution in [1.29, 1.82) is 0 Å². The summed E-state index contributed by atoms with van der Waals surface area (Å²) in [6, 6.07) is 13.7. The minimum atomic E-state index is -4.47. The van der Waals surface area contributed by atoms with E-state index in [-0.39, 0.29) is 10.8 Å². The highest BCUT2D eigenvalue weighted by atomic mass is 32.2. The summed E-state index contributed by atoms with van der Waals surface area (Å²) < 4.78 is 41.7. The van der Waals surface area contributed by atoms with E-state index in [2.05, 4.69) is 15.3 Å². The molecule has 0 bridgehead atoms. The van der Waals surface area contributed by atoms with Crippen LogP contribution in [0.25, 0.3) is 11.3 Å². The molecule has 3 nitrogen and oxygen atoms in total. The van der Waals surface area contributed by atoms with Gasteiger partial charge in [-0.1, -0.05) is 56.8 Å². The summed E-state index contributed by atoms with van der Waals surface area (Å²) in [5.74, 6) is 0.221. The van der Waals surface area contributed by atoms with Crippen LogP contribution in [0, 0.1) is 0 Å². The molecule has 0 aliphatic carbocycles. The third kappa shape index (κ3) is 5.40. The fourth-order valence-electron chi connectivity index (χ4n) is 3.07. The summed E-state index contributed by atoms with van der Waals surface area (Å²) in [6.07, 6.45) is -3.08. The Hall–Kier alpha value is -2.38. The molecule has 2 aromatic carbocycles. The molecule has 0 radical (unpaired) electrons. The zero-order valence-corrected chi connectivity index (χ0v) is 17.9. The fraction of sp³-hybridized carbons (Fsp3) is 0.304. The zero-order chi connectivity index (χ0) is 21.7. The Bertz CT molecular complexity index is 1000. The molecule has 3 rings (SSSR count). The molecule has 3 aromatic rings. The number of nitrogens with zero attached hydrogens (tertiary/aromatic N) is 2. The van der Waals surface area contributed by atoms with Gasteiger partial charge in [0.1, 0.15) is 6.33 Å². The van der Waals surface area contributed by atoms with Crippen LogP contribution in [0.2, 0.25) is 0 Å². The highest BCUT2D eigenvalue weighted by Crippen LogP contribution is 2.43. The lowest BCUT2D eigenvalue weighted by Crippen LogP contribution is -2.13. The summed E-state index contributed by atoms with van der Waals surface area (Å²) in [5.41, 5.74) is 2.00. The molecule has 30 heavy (non-hydrogen) atoms. The number of halogens is 3. The minimum absolute atomic E-state index is 0.182. The second-order valence-corrected chi connectivity index (χ2v) is 8.26. The molecule has 0 aliphatic rings. The maximum atomic E-state index is 13.9. The third-order valence-corrected chi connectivity index (χ3v) is 5.79. The first-order chi connectivity index (χ1) is 14.3. The molecule has 1 N–H and O–H groups in total. The highest BCUT2D eigenvalue weighted by Gasteiger charge is 2.34. The monoisotopic (exact) mass is 431 g/mol. The van der Waals surface area contributed by atoms with Crippen LogP contribution in [0.1, 0.15) is 43.5 Å². The topological polar surface area (TPSA) is 37.8 Å². The Labute approximate surface area is 179 Å². The van der Waals surface area contributed by atoms with Crippen molar-refractivity contribution >= 4 is 11.8 Å². The largest absolute Gasteiger partial charge is 0.417 e. The Morgan fingerprint density at radius 3 is 2.47 bits per heavy atom. The van der Waals surface area contributed by atoms with E-state index in [0.717, 1.165) is 34.5 Å². The van der Waals surface area contributed by atoms with Gasteiger partial charge >= 0.3 is 6.18 Å². The number of rotatable bonds is 7. The van der Waals surface area contributed by atoms with Crippen molar-refractivity contribution in [3.63, 3.8) is 0 Å². The van der Waals surface area contributed by atoms with Gasteiger partial charge in [0.15, 0.2) is 0 Å². The summed E-state index contributed by atoms with van der Waals surface area (Å²) in [5, 5.41) is 3.16. The molecule has 1 heterocycles. The van der Waals surface area contributed by atoms with Crippen LogP contribution in [-0.4, -0.2) is 16.5 Å². The molecule has 0 amide bonds. The van der Waals surface area contributed by atoms with Gasteiger partial charge in [-0.2, -0.15) is 13.2 Å². The molecule has 0 spiro atoms. The fourth-order valence-corrected chi connectivity index (χ4v) is 4.30. The third-order valence-electron chi connectivity index (χ3n) is 4.62. The second-order valence-electron chi connectivity index (χ2n) is 7.18. The minimum Gasteiger partial charge on any atom is -0.311 e. The lowest BCUT2D eigenvalue weighted by molar-refractivity contribution is -0.139. The Morgan fingerprint density at radius 2 is 1.77 bits per heavy atom. The maximum absolute atomic E-state index is 13.9. The number of alkyl halides is 3. The standard InChI is InChI=1S/C23H24F3N3S/c1-4-27-13-17-12-20(29-14-28-17)16-9-10-22(19(11-16)23(24,25)26)30-21-8-6-5-7-18(21)15(2)3/h5-12,14-15,27H,4,13H2,1-3H3. The average molecular weight is 432 g/mol. The lowest BCUT2D eigenvalue weighted by Gasteiger charge is -2.17. The number of benzene rings is 2. The zero-order valence-electron chi connectivity index (χ0n) is 17.1. The van der Waals surface area contributed by atoms with Gasteiger partial charge in [-0.25, -0.2) is 9.97 Å². The van der Waals surface area contributed by atoms with Crippen LogP contribution in [0.15, 0.2) is 64.6 Å². The smallest absolute Gasteiger partial charge is 0.311 e. The first kappa shape index (κ1) is 22.3. The van der Waals surface area contributed by atoms with Gasteiger partial charge in [-0.05, 0) is 42.3 Å². The van der Waals surface area contributed by atoms with Crippen molar-refractivity contribution in [2.45, 2.75) is 49.2 Å². The van der Waals surface area contributed by atoms with Crippen LogP contribution >= 0.6 is 11.8 Å². The molecule has 0 unspecified atom stereocenters. The highest BCUT2D eigenvalue weighted by molar-refractivity contribution is 7.99. The molecular formula is C23H24F3N3S. The molecule has 158 valence electrons. The molecule has 7 heteroatoms. The van der Waals surface area contributed by atoms with Crippen molar-refractivity contribution in [2.24, 2.45) is 0 Å². The van der Waals surface area contributed by atoms with Crippen LogP contribution < -0.4 is 5.32 Å². The van der Waals surface area contributed by atoms with Crippen LogP contribution in [0.5, 0.6) is 0 Å². The van der Waals surface area contributed by atoms with E-state index in [0.29, 0.717) is 17.8 Å². The van der Waals surface area contributed by atoms with Gasteiger partial charge in [0.05, 0.1) is 17.0 Å². The Morgan fingerprint density at radius 1 is 1.00 bits per heavy atom. The quantitative estimate of drug-likeness (QED) is 0.461. The SMILES string of the molecule is CCNCc1cc(-c2ccc(Sc3ccccc3C(C)C)c(C(F)(F)F)c2)ncn1. The Balaban J connectivity index is 2.00. The van der Waals surface area contributed by atoms with E-state index in [1.807, 2.05) is 45.0 Å². The normalized spacial score (nSPS) is 11.8. The molecule has 0 fully saturated rings.